The zero-order valence-electron chi connectivity index (χ0n) is 15.8. The monoisotopic (exact) mass is 352 g/mol. The third kappa shape index (κ3) is 3.19. The quantitative estimate of drug-likeness (QED) is 0.877. The molecule has 5 aliphatic rings. The highest BCUT2D eigenvalue weighted by Crippen LogP contribution is 2.60. The first-order valence-corrected chi connectivity index (χ1v) is 10.8. The Morgan fingerprint density at radius 3 is 2.35 bits per heavy atom. The molecule has 1 saturated heterocycles. The van der Waals surface area contributed by atoms with Crippen LogP contribution < -0.4 is 5.32 Å². The van der Waals surface area contributed by atoms with Crippen molar-refractivity contribution < 1.29 is 4.79 Å². The maximum Gasteiger partial charge on any atom is 0.226 e. The van der Waals surface area contributed by atoms with Crippen LogP contribution in [0.3, 0.4) is 0 Å². The molecule has 5 fully saturated rings. The predicted octanol–water partition coefficient (Wildman–Crippen LogP) is 3.64. The Kier molecular flexibility index (Phi) is 4.31. The van der Waals surface area contributed by atoms with Crippen molar-refractivity contribution in [1.82, 2.24) is 10.2 Å². The van der Waals surface area contributed by atoms with Gasteiger partial charge in [0, 0.05) is 31.1 Å². The Hall–Kier alpha value is -1.35. The van der Waals surface area contributed by atoms with E-state index in [-0.39, 0.29) is 5.41 Å². The largest absolute Gasteiger partial charge is 0.352 e. The fourth-order valence-corrected chi connectivity index (χ4v) is 6.81. The number of carbonyl (C=O) groups is 1. The molecular weight excluding hydrogens is 320 g/mol. The van der Waals surface area contributed by atoms with Crippen LogP contribution in [0, 0.1) is 23.2 Å². The molecule has 0 radical (unpaired) electrons. The van der Waals surface area contributed by atoms with Crippen LogP contribution in [0.25, 0.3) is 0 Å². The summed E-state index contributed by atoms with van der Waals surface area (Å²) in [4.78, 5) is 15.7. The van der Waals surface area contributed by atoms with Crippen molar-refractivity contribution in [3.05, 3.63) is 35.9 Å². The van der Waals surface area contributed by atoms with Crippen molar-refractivity contribution in [2.45, 2.75) is 57.4 Å². The number of carbonyl (C=O) groups excluding carboxylic acids is 1. The molecule has 1 aliphatic heterocycles. The van der Waals surface area contributed by atoms with Crippen LogP contribution in [-0.4, -0.2) is 36.5 Å². The number of likely N-dealkylation sites (tertiary alicyclic amines) is 1. The molecule has 26 heavy (non-hydrogen) atoms. The highest BCUT2D eigenvalue weighted by molar-refractivity contribution is 5.83. The van der Waals surface area contributed by atoms with E-state index in [4.69, 9.17) is 0 Å². The van der Waals surface area contributed by atoms with Gasteiger partial charge < -0.3 is 10.2 Å². The fraction of sp³-hybridized carbons (Fsp3) is 0.696. The first-order valence-electron chi connectivity index (χ1n) is 10.8. The molecule has 140 valence electrons. The van der Waals surface area contributed by atoms with Gasteiger partial charge in [-0.05, 0) is 74.7 Å². The van der Waals surface area contributed by atoms with Gasteiger partial charge in [0.15, 0.2) is 0 Å². The Balaban J connectivity index is 1.14. The summed E-state index contributed by atoms with van der Waals surface area (Å²) in [6.45, 7) is 3.26. The molecule has 1 heterocycles. The first kappa shape index (κ1) is 16.8. The Bertz CT molecular complexity index is 620. The van der Waals surface area contributed by atoms with Crippen molar-refractivity contribution in [2.24, 2.45) is 23.2 Å². The lowest BCUT2D eigenvalue weighted by molar-refractivity contribution is -0.146. The lowest BCUT2D eigenvalue weighted by Crippen LogP contribution is -2.55. The Morgan fingerprint density at radius 2 is 1.69 bits per heavy atom. The molecule has 1 N–H and O–H groups in total. The van der Waals surface area contributed by atoms with Gasteiger partial charge in [0.05, 0.1) is 0 Å². The molecule has 1 aromatic rings. The second kappa shape index (κ2) is 6.67. The summed E-state index contributed by atoms with van der Waals surface area (Å²) in [7, 11) is 0. The molecule has 0 spiro atoms. The average Bonchev–Trinajstić information content (AvgIpc) is 3.07. The van der Waals surface area contributed by atoms with Crippen molar-refractivity contribution in [3.63, 3.8) is 0 Å². The maximum atomic E-state index is 13.2. The summed E-state index contributed by atoms with van der Waals surface area (Å²) < 4.78 is 0. The lowest BCUT2D eigenvalue weighted by atomic mass is 9.49. The third-order valence-corrected chi connectivity index (χ3v) is 7.69. The van der Waals surface area contributed by atoms with Gasteiger partial charge in [-0.15, -0.1) is 0 Å². The van der Waals surface area contributed by atoms with E-state index < -0.39 is 0 Å². The van der Waals surface area contributed by atoms with E-state index >= 15 is 0 Å². The first-order chi connectivity index (χ1) is 12.7. The standard InChI is InChI=1S/C23H32N2O/c26-22(23-13-18-10-19(14-23)12-20(11-18)15-23)24-21-7-9-25(16-21)8-6-17-4-2-1-3-5-17/h1-5,18-21H,6-16H2,(H,24,26)/t18?,19?,20?,21-,23?/m0/s1. The smallest absolute Gasteiger partial charge is 0.226 e. The fourth-order valence-electron chi connectivity index (χ4n) is 6.81. The van der Waals surface area contributed by atoms with Crippen LogP contribution in [0.1, 0.15) is 50.5 Å². The molecule has 1 amide bonds. The number of hydrogen-bond donors (Lipinski definition) is 1. The summed E-state index contributed by atoms with van der Waals surface area (Å²) in [5.74, 6) is 2.94. The van der Waals surface area contributed by atoms with Crippen molar-refractivity contribution >= 4 is 5.91 Å². The molecule has 4 bridgehead atoms. The Labute approximate surface area is 157 Å². The normalized spacial score (nSPS) is 38.6. The van der Waals surface area contributed by atoms with E-state index in [0.717, 1.165) is 50.2 Å². The minimum atomic E-state index is 0.00616. The van der Waals surface area contributed by atoms with Gasteiger partial charge in [-0.2, -0.15) is 0 Å². The summed E-state index contributed by atoms with van der Waals surface area (Å²) in [6, 6.07) is 11.1. The minimum absolute atomic E-state index is 0.00616. The van der Waals surface area contributed by atoms with Crippen LogP contribution in [-0.2, 0) is 11.2 Å². The number of amides is 1. The highest BCUT2D eigenvalue weighted by Gasteiger charge is 2.54. The number of benzene rings is 1. The minimum Gasteiger partial charge on any atom is -0.352 e. The number of hydrogen-bond acceptors (Lipinski definition) is 2. The topological polar surface area (TPSA) is 32.3 Å². The van der Waals surface area contributed by atoms with Crippen molar-refractivity contribution in [3.8, 4) is 0 Å². The zero-order valence-corrected chi connectivity index (χ0v) is 15.8. The molecule has 4 aliphatic carbocycles. The van der Waals surface area contributed by atoms with Gasteiger partial charge in [-0.25, -0.2) is 0 Å². The molecular formula is C23H32N2O. The van der Waals surface area contributed by atoms with Crippen molar-refractivity contribution in [1.29, 1.82) is 0 Å². The molecule has 1 atom stereocenters. The molecule has 6 rings (SSSR count). The van der Waals surface area contributed by atoms with E-state index in [9.17, 15) is 4.79 Å². The highest BCUT2D eigenvalue weighted by atomic mass is 16.2. The van der Waals surface area contributed by atoms with Gasteiger partial charge >= 0.3 is 0 Å². The van der Waals surface area contributed by atoms with E-state index in [1.807, 2.05) is 0 Å². The molecule has 4 saturated carbocycles. The number of nitrogens with one attached hydrogen (secondary N) is 1. The third-order valence-electron chi connectivity index (χ3n) is 7.69. The maximum absolute atomic E-state index is 13.2. The van der Waals surface area contributed by atoms with Crippen LogP contribution in [0.4, 0.5) is 0 Å². The van der Waals surface area contributed by atoms with Crippen LogP contribution >= 0.6 is 0 Å². The molecule has 0 aromatic heterocycles. The van der Waals surface area contributed by atoms with E-state index in [0.29, 0.717) is 11.9 Å². The molecule has 0 unspecified atom stereocenters. The van der Waals surface area contributed by atoms with Gasteiger partial charge in [0.25, 0.3) is 0 Å². The van der Waals surface area contributed by atoms with Gasteiger partial charge in [0.1, 0.15) is 0 Å². The lowest BCUT2D eigenvalue weighted by Gasteiger charge is -2.55. The number of rotatable bonds is 5. The summed E-state index contributed by atoms with van der Waals surface area (Å²) in [5.41, 5.74) is 1.42. The van der Waals surface area contributed by atoms with E-state index in [1.165, 1.54) is 44.1 Å². The number of nitrogens with zero attached hydrogens (tertiary/aromatic N) is 1. The van der Waals surface area contributed by atoms with Gasteiger partial charge in [-0.3, -0.25) is 4.79 Å². The SMILES string of the molecule is O=C(N[C@H]1CCN(CCc2ccccc2)C1)C12CC3CC(CC(C3)C1)C2. The van der Waals surface area contributed by atoms with E-state index in [1.54, 1.807) is 0 Å². The summed E-state index contributed by atoms with van der Waals surface area (Å²) >= 11 is 0. The second-order valence-corrected chi connectivity index (χ2v) is 9.69. The summed E-state index contributed by atoms with van der Waals surface area (Å²) in [5, 5.41) is 3.48. The average molecular weight is 353 g/mol. The predicted molar refractivity (Wildman–Crippen MR) is 104 cm³/mol. The van der Waals surface area contributed by atoms with E-state index in [2.05, 4.69) is 40.5 Å². The van der Waals surface area contributed by atoms with Crippen LogP contribution in [0.15, 0.2) is 30.3 Å². The van der Waals surface area contributed by atoms with Crippen LogP contribution in [0.5, 0.6) is 0 Å². The van der Waals surface area contributed by atoms with Gasteiger partial charge in [0.2, 0.25) is 5.91 Å². The second-order valence-electron chi connectivity index (χ2n) is 9.69. The molecule has 3 nitrogen and oxygen atoms in total. The zero-order chi connectivity index (χ0) is 17.6. The Morgan fingerprint density at radius 1 is 1.04 bits per heavy atom. The molecule has 1 aromatic carbocycles. The van der Waals surface area contributed by atoms with Crippen LogP contribution in [0.2, 0.25) is 0 Å². The van der Waals surface area contributed by atoms with Crippen molar-refractivity contribution in [2.75, 3.05) is 19.6 Å². The summed E-state index contributed by atoms with van der Waals surface area (Å²) in [6.07, 6.45) is 9.97. The van der Waals surface area contributed by atoms with Gasteiger partial charge in [-0.1, -0.05) is 30.3 Å². The molecule has 3 heteroatoms.